The smallest absolute Gasteiger partial charge is 0.271 e. The monoisotopic (exact) mass is 303 g/mol. The van der Waals surface area contributed by atoms with E-state index in [0.29, 0.717) is 5.69 Å². The predicted molar refractivity (Wildman–Crippen MR) is 86.9 cm³/mol. The average molecular weight is 303 g/mol. The van der Waals surface area contributed by atoms with Crippen LogP contribution in [0.15, 0.2) is 10.9 Å². The van der Waals surface area contributed by atoms with Gasteiger partial charge in [0.15, 0.2) is 0 Å². The number of nitrogens with two attached hydrogens (primary N) is 1. The second-order valence-corrected chi connectivity index (χ2v) is 6.64. The van der Waals surface area contributed by atoms with Crippen LogP contribution >= 0.6 is 0 Å². The summed E-state index contributed by atoms with van der Waals surface area (Å²) in [5, 5.41) is 2.75. The van der Waals surface area contributed by atoms with E-state index in [1.54, 1.807) is 0 Å². The number of aryl methyl sites for hydroxylation is 2. The fourth-order valence-electron chi connectivity index (χ4n) is 3.69. The Hall–Kier alpha value is -1.62. The Labute approximate surface area is 130 Å². The zero-order valence-electron chi connectivity index (χ0n) is 13.0. The topological polar surface area (TPSA) is 88.0 Å². The van der Waals surface area contributed by atoms with Crippen molar-refractivity contribution < 1.29 is 4.79 Å². The molecule has 0 spiro atoms. The molecule has 1 heterocycles. The van der Waals surface area contributed by atoms with Crippen LogP contribution < -0.4 is 16.6 Å². The molecule has 0 aromatic carbocycles. The van der Waals surface area contributed by atoms with Crippen molar-refractivity contribution in [2.24, 2.45) is 11.7 Å². The van der Waals surface area contributed by atoms with Gasteiger partial charge in [0, 0.05) is 5.69 Å². The van der Waals surface area contributed by atoms with E-state index in [4.69, 9.17) is 5.73 Å². The van der Waals surface area contributed by atoms with E-state index < -0.39 is 6.04 Å². The molecule has 0 aliphatic heterocycles. The van der Waals surface area contributed by atoms with Gasteiger partial charge in [-0.1, -0.05) is 19.3 Å². The summed E-state index contributed by atoms with van der Waals surface area (Å²) in [7, 11) is 0. The van der Waals surface area contributed by atoms with Crippen molar-refractivity contribution in [2.75, 3.05) is 5.32 Å². The van der Waals surface area contributed by atoms with Crippen LogP contribution in [0.4, 0.5) is 5.69 Å². The number of hydrogen-bond acceptors (Lipinski definition) is 3. The summed E-state index contributed by atoms with van der Waals surface area (Å²) in [4.78, 5) is 27.4. The SMILES string of the molecule is N[C@H](C(=O)Nc1cc2c([nH]c1=O)CCCC2)C1CCCCC1. The zero-order valence-corrected chi connectivity index (χ0v) is 13.0. The van der Waals surface area contributed by atoms with Crippen molar-refractivity contribution in [1.29, 1.82) is 0 Å². The second kappa shape index (κ2) is 6.65. The fraction of sp³-hybridized carbons (Fsp3) is 0.647. The molecule has 5 heteroatoms. The number of amides is 1. The Morgan fingerprint density at radius 3 is 2.68 bits per heavy atom. The van der Waals surface area contributed by atoms with Gasteiger partial charge in [0.1, 0.15) is 5.69 Å². The van der Waals surface area contributed by atoms with E-state index in [1.165, 1.54) is 6.42 Å². The highest BCUT2D eigenvalue weighted by Crippen LogP contribution is 2.26. The molecule has 1 amide bonds. The van der Waals surface area contributed by atoms with Crippen LogP contribution in [0.25, 0.3) is 0 Å². The molecule has 4 N–H and O–H groups in total. The first-order valence-electron chi connectivity index (χ1n) is 8.46. The molecule has 3 rings (SSSR count). The Balaban J connectivity index is 1.72. The molecule has 2 aliphatic rings. The van der Waals surface area contributed by atoms with Crippen molar-refractivity contribution in [1.82, 2.24) is 4.98 Å². The summed E-state index contributed by atoms with van der Waals surface area (Å²) in [6, 6.07) is 1.31. The second-order valence-electron chi connectivity index (χ2n) is 6.64. The van der Waals surface area contributed by atoms with Crippen molar-refractivity contribution in [3.8, 4) is 0 Å². The molecule has 0 unspecified atom stereocenters. The normalized spacial score (nSPS) is 20.2. The third kappa shape index (κ3) is 3.24. The lowest BCUT2D eigenvalue weighted by Gasteiger charge is -2.26. The van der Waals surface area contributed by atoms with Crippen LogP contribution in [0.2, 0.25) is 0 Å². The van der Waals surface area contributed by atoms with Gasteiger partial charge in [-0.2, -0.15) is 0 Å². The minimum atomic E-state index is -0.518. The number of aromatic amines is 1. The van der Waals surface area contributed by atoms with Crippen molar-refractivity contribution in [2.45, 2.75) is 63.8 Å². The first kappa shape index (κ1) is 15.3. The first-order chi connectivity index (χ1) is 10.6. The van der Waals surface area contributed by atoms with Gasteiger partial charge in [-0.15, -0.1) is 0 Å². The number of hydrogen-bond donors (Lipinski definition) is 3. The highest BCUT2D eigenvalue weighted by Gasteiger charge is 2.26. The van der Waals surface area contributed by atoms with Crippen LogP contribution in [0.5, 0.6) is 0 Å². The Morgan fingerprint density at radius 1 is 1.18 bits per heavy atom. The molecule has 0 bridgehead atoms. The molecule has 0 radical (unpaired) electrons. The van der Waals surface area contributed by atoms with Crippen LogP contribution in [-0.2, 0) is 17.6 Å². The van der Waals surface area contributed by atoms with E-state index in [2.05, 4.69) is 10.3 Å². The first-order valence-corrected chi connectivity index (χ1v) is 8.46. The third-order valence-electron chi connectivity index (χ3n) is 5.06. The summed E-state index contributed by atoms with van der Waals surface area (Å²) in [5.41, 5.74) is 8.40. The number of rotatable bonds is 3. The van der Waals surface area contributed by atoms with Crippen molar-refractivity contribution >= 4 is 11.6 Å². The van der Waals surface area contributed by atoms with Crippen molar-refractivity contribution in [3.05, 3.63) is 27.7 Å². The van der Waals surface area contributed by atoms with E-state index >= 15 is 0 Å². The van der Waals surface area contributed by atoms with Gasteiger partial charge in [-0.25, -0.2) is 0 Å². The van der Waals surface area contributed by atoms with Gasteiger partial charge >= 0.3 is 0 Å². The predicted octanol–water partition coefficient (Wildman–Crippen LogP) is 2.10. The molecule has 1 aromatic rings. The minimum absolute atomic E-state index is 0.218. The van der Waals surface area contributed by atoms with Crippen LogP contribution in [-0.4, -0.2) is 16.9 Å². The van der Waals surface area contributed by atoms with Crippen LogP contribution in [0, 0.1) is 5.92 Å². The molecular formula is C17H25N3O2. The van der Waals surface area contributed by atoms with Crippen LogP contribution in [0.3, 0.4) is 0 Å². The number of carbonyl (C=O) groups is 1. The summed E-state index contributed by atoms with van der Waals surface area (Å²) in [5.74, 6) is 0.0126. The molecule has 1 saturated carbocycles. The summed E-state index contributed by atoms with van der Waals surface area (Å²) in [6.45, 7) is 0. The standard InChI is InChI=1S/C17H25N3O2/c18-15(11-6-2-1-3-7-11)17(22)20-14-10-12-8-4-5-9-13(12)19-16(14)21/h10-11,15H,1-9,18H2,(H,19,21)(H,20,22)/t15-/m0/s1. The molecule has 5 nitrogen and oxygen atoms in total. The van der Waals surface area contributed by atoms with Gasteiger partial charge in [0.2, 0.25) is 5.91 Å². The minimum Gasteiger partial charge on any atom is -0.324 e. The molecule has 1 aromatic heterocycles. The largest absolute Gasteiger partial charge is 0.324 e. The van der Waals surface area contributed by atoms with E-state index in [9.17, 15) is 9.59 Å². The maximum Gasteiger partial charge on any atom is 0.271 e. The third-order valence-corrected chi connectivity index (χ3v) is 5.06. The number of carbonyl (C=O) groups excluding carboxylic acids is 1. The van der Waals surface area contributed by atoms with Gasteiger partial charge in [-0.05, 0) is 56.1 Å². The zero-order chi connectivity index (χ0) is 15.5. The molecular weight excluding hydrogens is 278 g/mol. The van der Waals surface area contributed by atoms with E-state index in [-0.39, 0.29) is 17.4 Å². The average Bonchev–Trinajstić information content (AvgIpc) is 2.55. The maximum atomic E-state index is 12.3. The Bertz CT molecular complexity index is 602. The van der Waals surface area contributed by atoms with Crippen molar-refractivity contribution in [3.63, 3.8) is 0 Å². The fourth-order valence-corrected chi connectivity index (χ4v) is 3.69. The summed E-state index contributed by atoms with van der Waals surface area (Å²) in [6.07, 6.45) is 9.66. The van der Waals surface area contributed by atoms with E-state index in [1.807, 2.05) is 6.07 Å². The number of anilines is 1. The summed E-state index contributed by atoms with van der Waals surface area (Å²) >= 11 is 0. The quantitative estimate of drug-likeness (QED) is 0.799. The number of H-pyrrole nitrogens is 1. The lowest BCUT2D eigenvalue weighted by atomic mass is 9.84. The summed E-state index contributed by atoms with van der Waals surface area (Å²) < 4.78 is 0. The van der Waals surface area contributed by atoms with Crippen LogP contribution in [0.1, 0.15) is 56.2 Å². The molecule has 0 saturated heterocycles. The Morgan fingerprint density at radius 2 is 1.91 bits per heavy atom. The number of pyridine rings is 1. The number of fused-ring (bicyclic) bond motifs is 1. The van der Waals surface area contributed by atoms with Gasteiger partial charge in [0.05, 0.1) is 6.04 Å². The highest BCUT2D eigenvalue weighted by atomic mass is 16.2. The van der Waals surface area contributed by atoms with Gasteiger partial charge < -0.3 is 16.0 Å². The van der Waals surface area contributed by atoms with E-state index in [0.717, 1.165) is 62.6 Å². The molecule has 120 valence electrons. The van der Waals surface area contributed by atoms with Gasteiger partial charge in [-0.3, -0.25) is 9.59 Å². The van der Waals surface area contributed by atoms with Gasteiger partial charge in [0.25, 0.3) is 5.56 Å². The highest BCUT2D eigenvalue weighted by molar-refractivity contribution is 5.94. The lowest BCUT2D eigenvalue weighted by molar-refractivity contribution is -0.118. The maximum absolute atomic E-state index is 12.3. The molecule has 22 heavy (non-hydrogen) atoms. The Kier molecular flexibility index (Phi) is 4.62. The number of nitrogens with one attached hydrogen (secondary N) is 2. The lowest BCUT2D eigenvalue weighted by Crippen LogP contribution is -2.43. The number of aromatic nitrogens is 1. The molecule has 2 aliphatic carbocycles. The molecule has 1 atom stereocenters. The molecule has 1 fully saturated rings.